The van der Waals surface area contributed by atoms with Crippen LogP contribution in [0.1, 0.15) is 25.9 Å². The van der Waals surface area contributed by atoms with Crippen molar-refractivity contribution in [2.45, 2.75) is 19.9 Å². The van der Waals surface area contributed by atoms with Crippen LogP contribution in [-0.4, -0.2) is 22.6 Å². The van der Waals surface area contributed by atoms with Crippen LogP contribution in [0, 0.1) is 6.92 Å². The maximum Gasteiger partial charge on any atom is 0.355 e. The fourth-order valence-electron chi connectivity index (χ4n) is 1.61. The molecule has 0 fully saturated rings. The van der Waals surface area contributed by atoms with E-state index >= 15 is 0 Å². The molecular weight excluding hydrogens is 304 g/mol. The van der Waals surface area contributed by atoms with E-state index in [4.69, 9.17) is 16.7 Å². The predicted molar refractivity (Wildman–Crippen MR) is 78.6 cm³/mol. The molecule has 0 amide bonds. The summed E-state index contributed by atoms with van der Waals surface area (Å²) in [5, 5.41) is 17.8. The molecule has 2 heterocycles. The van der Waals surface area contributed by atoms with Gasteiger partial charge in [0, 0.05) is 29.8 Å². The lowest BCUT2D eigenvalue weighted by Gasteiger charge is -2.01. The summed E-state index contributed by atoms with van der Waals surface area (Å²) in [5.41, 5.74) is 1.26. The molecule has 0 saturated carbocycles. The topological polar surface area (TPSA) is 62.2 Å². The van der Waals surface area contributed by atoms with Gasteiger partial charge < -0.3 is 10.4 Å². The molecule has 2 N–H and O–H groups in total. The number of hydrogen-bond acceptors (Lipinski definition) is 5. The van der Waals surface area contributed by atoms with Crippen molar-refractivity contribution in [2.75, 3.05) is 6.54 Å². The highest BCUT2D eigenvalue weighted by molar-refractivity contribution is 7.11. The second-order valence-corrected chi connectivity index (χ2v) is 6.43. The SMILES string of the molecule is Cc1sc(CCNCc2cscc2Cl)nc1C(=O)O. The lowest BCUT2D eigenvalue weighted by atomic mass is 10.3. The summed E-state index contributed by atoms with van der Waals surface area (Å²) in [7, 11) is 0. The third-order valence-corrected chi connectivity index (χ3v) is 4.87. The second-order valence-electron chi connectivity index (χ2n) is 3.99. The Labute approximate surface area is 124 Å². The van der Waals surface area contributed by atoms with Gasteiger partial charge in [-0.3, -0.25) is 0 Å². The highest BCUT2D eigenvalue weighted by Crippen LogP contribution is 2.20. The van der Waals surface area contributed by atoms with Crippen molar-refractivity contribution in [3.05, 3.63) is 36.9 Å². The van der Waals surface area contributed by atoms with Crippen molar-refractivity contribution in [1.82, 2.24) is 10.3 Å². The Morgan fingerprint density at radius 1 is 1.53 bits per heavy atom. The van der Waals surface area contributed by atoms with Gasteiger partial charge in [0.2, 0.25) is 0 Å². The van der Waals surface area contributed by atoms with E-state index in [2.05, 4.69) is 10.3 Å². The molecular formula is C12H13ClN2O2S2. The van der Waals surface area contributed by atoms with Crippen molar-refractivity contribution < 1.29 is 9.90 Å². The summed E-state index contributed by atoms with van der Waals surface area (Å²) < 4.78 is 0. The van der Waals surface area contributed by atoms with Crippen LogP contribution in [0.15, 0.2) is 10.8 Å². The summed E-state index contributed by atoms with van der Waals surface area (Å²) in [6.45, 7) is 3.25. The number of aromatic carboxylic acids is 1. The number of thiophene rings is 1. The van der Waals surface area contributed by atoms with E-state index in [9.17, 15) is 4.79 Å². The van der Waals surface area contributed by atoms with Crippen LogP contribution in [0.2, 0.25) is 5.02 Å². The minimum absolute atomic E-state index is 0.167. The summed E-state index contributed by atoms with van der Waals surface area (Å²) >= 11 is 9.01. The molecule has 0 saturated heterocycles. The minimum atomic E-state index is -0.960. The molecule has 2 rings (SSSR count). The Kier molecular flexibility index (Phi) is 4.93. The lowest BCUT2D eigenvalue weighted by Crippen LogP contribution is -2.16. The first-order valence-corrected chi connectivity index (χ1v) is 7.82. The molecule has 0 bridgehead atoms. The number of halogens is 1. The van der Waals surface area contributed by atoms with E-state index in [0.717, 1.165) is 40.0 Å². The zero-order valence-electron chi connectivity index (χ0n) is 10.3. The van der Waals surface area contributed by atoms with E-state index in [-0.39, 0.29) is 5.69 Å². The maximum absolute atomic E-state index is 10.9. The highest BCUT2D eigenvalue weighted by atomic mass is 35.5. The third-order valence-electron chi connectivity index (χ3n) is 2.56. The number of hydrogen-bond donors (Lipinski definition) is 2. The molecule has 7 heteroatoms. The molecule has 0 aliphatic carbocycles. The molecule has 0 unspecified atom stereocenters. The van der Waals surface area contributed by atoms with Crippen LogP contribution in [0.3, 0.4) is 0 Å². The number of aromatic nitrogens is 1. The fraction of sp³-hybridized carbons (Fsp3) is 0.333. The van der Waals surface area contributed by atoms with Crippen molar-refractivity contribution in [3.63, 3.8) is 0 Å². The molecule has 0 atom stereocenters. The summed E-state index contributed by atoms with van der Waals surface area (Å²) in [5.74, 6) is -0.960. The van der Waals surface area contributed by atoms with E-state index in [1.165, 1.54) is 11.3 Å². The van der Waals surface area contributed by atoms with Crippen molar-refractivity contribution in [3.8, 4) is 0 Å². The van der Waals surface area contributed by atoms with Gasteiger partial charge in [0.25, 0.3) is 0 Å². The standard InChI is InChI=1S/C12H13ClN2O2S2/c1-7-11(12(16)17)15-10(19-7)2-3-14-4-8-5-18-6-9(8)13/h5-6,14H,2-4H2,1H3,(H,16,17). The quantitative estimate of drug-likeness (QED) is 0.803. The molecule has 0 aliphatic rings. The van der Waals surface area contributed by atoms with Gasteiger partial charge in [-0.1, -0.05) is 11.6 Å². The van der Waals surface area contributed by atoms with Crippen molar-refractivity contribution in [1.29, 1.82) is 0 Å². The van der Waals surface area contributed by atoms with Crippen LogP contribution in [0.5, 0.6) is 0 Å². The molecule has 0 radical (unpaired) electrons. The Morgan fingerprint density at radius 3 is 2.89 bits per heavy atom. The van der Waals surface area contributed by atoms with Gasteiger partial charge in [0.1, 0.15) is 0 Å². The molecule has 0 aromatic carbocycles. The zero-order chi connectivity index (χ0) is 13.8. The third kappa shape index (κ3) is 3.76. The molecule has 4 nitrogen and oxygen atoms in total. The summed E-state index contributed by atoms with van der Waals surface area (Å²) in [6.07, 6.45) is 0.723. The first-order valence-electron chi connectivity index (χ1n) is 5.69. The number of nitrogens with zero attached hydrogens (tertiary/aromatic N) is 1. The monoisotopic (exact) mass is 316 g/mol. The van der Waals surface area contributed by atoms with E-state index in [1.54, 1.807) is 18.3 Å². The summed E-state index contributed by atoms with van der Waals surface area (Å²) in [6, 6.07) is 0. The predicted octanol–water partition coefficient (Wildman–Crippen LogP) is 3.20. The van der Waals surface area contributed by atoms with E-state index in [1.807, 2.05) is 10.8 Å². The number of rotatable bonds is 6. The fourth-order valence-corrected chi connectivity index (χ4v) is 3.59. The van der Waals surface area contributed by atoms with Crippen molar-refractivity contribution in [2.24, 2.45) is 0 Å². The van der Waals surface area contributed by atoms with Crippen LogP contribution in [-0.2, 0) is 13.0 Å². The Bertz CT molecular complexity index is 580. The molecule has 19 heavy (non-hydrogen) atoms. The smallest absolute Gasteiger partial charge is 0.355 e. The number of nitrogens with one attached hydrogen (secondary N) is 1. The van der Waals surface area contributed by atoms with E-state index in [0.29, 0.717) is 0 Å². The first kappa shape index (κ1) is 14.5. The maximum atomic E-state index is 10.9. The molecule has 102 valence electrons. The molecule has 2 aromatic heterocycles. The van der Waals surface area contributed by atoms with Crippen LogP contribution < -0.4 is 5.32 Å². The van der Waals surface area contributed by atoms with Gasteiger partial charge >= 0.3 is 5.97 Å². The minimum Gasteiger partial charge on any atom is -0.476 e. The number of aryl methyl sites for hydroxylation is 1. The molecule has 2 aromatic rings. The Morgan fingerprint density at radius 2 is 2.32 bits per heavy atom. The molecule has 0 spiro atoms. The zero-order valence-corrected chi connectivity index (χ0v) is 12.7. The summed E-state index contributed by atoms with van der Waals surface area (Å²) in [4.78, 5) is 15.7. The van der Waals surface area contributed by atoms with Crippen LogP contribution in [0.25, 0.3) is 0 Å². The first-order chi connectivity index (χ1) is 9.08. The van der Waals surface area contributed by atoms with Gasteiger partial charge in [-0.15, -0.1) is 11.3 Å². The lowest BCUT2D eigenvalue weighted by molar-refractivity contribution is 0.0690. The van der Waals surface area contributed by atoms with Gasteiger partial charge in [0.05, 0.1) is 10.0 Å². The van der Waals surface area contributed by atoms with E-state index < -0.39 is 5.97 Å². The average molecular weight is 317 g/mol. The largest absolute Gasteiger partial charge is 0.476 e. The normalized spacial score (nSPS) is 10.8. The highest BCUT2D eigenvalue weighted by Gasteiger charge is 2.13. The van der Waals surface area contributed by atoms with Gasteiger partial charge in [-0.2, -0.15) is 11.3 Å². The average Bonchev–Trinajstić information content (AvgIpc) is 2.91. The number of carboxylic acids is 1. The number of carbonyl (C=O) groups is 1. The van der Waals surface area contributed by atoms with Gasteiger partial charge in [0.15, 0.2) is 5.69 Å². The molecule has 0 aliphatic heterocycles. The Hall–Kier alpha value is -0.950. The van der Waals surface area contributed by atoms with Gasteiger partial charge in [-0.05, 0) is 17.9 Å². The number of thiazole rings is 1. The van der Waals surface area contributed by atoms with Gasteiger partial charge in [-0.25, -0.2) is 9.78 Å². The van der Waals surface area contributed by atoms with Crippen molar-refractivity contribution >= 4 is 40.2 Å². The Balaban J connectivity index is 1.81. The van der Waals surface area contributed by atoms with Crippen LogP contribution >= 0.6 is 34.3 Å². The number of carboxylic acid groups (broad SMARTS) is 1. The van der Waals surface area contributed by atoms with Crippen LogP contribution in [0.4, 0.5) is 0 Å². The second kappa shape index (κ2) is 6.47.